The number of rotatable bonds is 6. The van der Waals surface area contributed by atoms with Crippen molar-refractivity contribution in [3.8, 4) is 11.6 Å². The molecule has 0 amide bonds. The maximum absolute atomic E-state index is 6.08. The normalized spacial score (nSPS) is 22.7. The fourth-order valence-electron chi connectivity index (χ4n) is 3.56. The third kappa shape index (κ3) is 5.09. The molecule has 5 nitrogen and oxygen atoms in total. The highest BCUT2D eigenvalue weighted by atomic mass is 35.5. The van der Waals surface area contributed by atoms with Crippen LogP contribution in [0.1, 0.15) is 12.8 Å². The molecule has 1 saturated heterocycles. The van der Waals surface area contributed by atoms with Crippen LogP contribution in [0.4, 0.5) is 0 Å². The van der Waals surface area contributed by atoms with Gasteiger partial charge in [-0.05, 0) is 42.9 Å². The van der Waals surface area contributed by atoms with Gasteiger partial charge in [0.2, 0.25) is 5.88 Å². The first-order valence-electron chi connectivity index (χ1n) is 9.13. The molecule has 0 spiro atoms. The minimum Gasteiger partial charge on any atom is -0.476 e. The second-order valence-electron chi connectivity index (χ2n) is 7.02. The van der Waals surface area contributed by atoms with Crippen molar-refractivity contribution < 1.29 is 9.47 Å². The van der Waals surface area contributed by atoms with Crippen molar-refractivity contribution in [1.29, 1.82) is 0 Å². The van der Waals surface area contributed by atoms with Crippen molar-refractivity contribution in [2.75, 3.05) is 39.5 Å². The quantitative estimate of drug-likeness (QED) is 0.681. The summed E-state index contributed by atoms with van der Waals surface area (Å²) >= 11 is 12.0. The lowest BCUT2D eigenvalue weighted by Crippen LogP contribution is -2.44. The molecule has 0 radical (unpaired) electrons. The number of benzene rings is 1. The maximum atomic E-state index is 6.08. The van der Waals surface area contributed by atoms with Gasteiger partial charge in [0.1, 0.15) is 0 Å². The summed E-state index contributed by atoms with van der Waals surface area (Å²) in [6.45, 7) is 5.72. The van der Waals surface area contributed by atoms with E-state index >= 15 is 0 Å². The zero-order valence-corrected chi connectivity index (χ0v) is 17.3. The first-order valence-corrected chi connectivity index (χ1v) is 9.88. The molecular weight excluding hydrogens is 409 g/mol. The van der Waals surface area contributed by atoms with E-state index in [1.807, 2.05) is 18.3 Å². The Bertz CT molecular complexity index is 750. The van der Waals surface area contributed by atoms with Gasteiger partial charge in [0.15, 0.2) is 0 Å². The number of ether oxygens (including phenoxy) is 2. The molecule has 2 aromatic rings. The van der Waals surface area contributed by atoms with E-state index in [0.717, 1.165) is 51.1 Å². The fourth-order valence-corrected chi connectivity index (χ4v) is 3.85. The molecule has 148 valence electrons. The average molecular weight is 433 g/mol. The Morgan fingerprint density at radius 3 is 2.56 bits per heavy atom. The average Bonchev–Trinajstić information content (AvgIpc) is 3.11. The fraction of sp³-hybridized carbons (Fsp3) is 0.526. The highest BCUT2D eigenvalue weighted by molar-refractivity contribution is 6.42. The predicted octanol–water partition coefficient (Wildman–Crippen LogP) is 4.34. The minimum atomic E-state index is 0. The number of halogens is 3. The van der Waals surface area contributed by atoms with Crippen LogP contribution in [-0.4, -0.2) is 54.1 Å². The van der Waals surface area contributed by atoms with E-state index in [1.54, 1.807) is 16.8 Å². The first-order chi connectivity index (χ1) is 12.7. The van der Waals surface area contributed by atoms with E-state index in [1.165, 1.54) is 12.8 Å². The Hall–Kier alpha value is -0.980. The van der Waals surface area contributed by atoms with E-state index in [-0.39, 0.29) is 12.4 Å². The van der Waals surface area contributed by atoms with Gasteiger partial charge >= 0.3 is 0 Å². The zero-order valence-electron chi connectivity index (χ0n) is 15.0. The van der Waals surface area contributed by atoms with E-state index < -0.39 is 0 Å². The Labute approximate surface area is 175 Å². The van der Waals surface area contributed by atoms with Crippen molar-refractivity contribution in [1.82, 2.24) is 14.7 Å². The Kier molecular flexibility index (Phi) is 7.29. The Balaban J connectivity index is 0.00000210. The molecule has 27 heavy (non-hydrogen) atoms. The summed E-state index contributed by atoms with van der Waals surface area (Å²) in [5.74, 6) is 1.99. The largest absolute Gasteiger partial charge is 0.476 e. The van der Waals surface area contributed by atoms with Crippen LogP contribution in [0.25, 0.3) is 5.69 Å². The van der Waals surface area contributed by atoms with Gasteiger partial charge in [-0.2, -0.15) is 0 Å². The summed E-state index contributed by atoms with van der Waals surface area (Å²) in [4.78, 5) is 2.51. The van der Waals surface area contributed by atoms with E-state index in [2.05, 4.69) is 10.00 Å². The number of nitrogens with zero attached hydrogens (tertiary/aromatic N) is 3. The lowest BCUT2D eigenvalue weighted by molar-refractivity contribution is 0.00447. The number of hydrogen-bond donors (Lipinski definition) is 0. The zero-order chi connectivity index (χ0) is 17.9. The van der Waals surface area contributed by atoms with Gasteiger partial charge in [-0.25, -0.2) is 4.68 Å². The van der Waals surface area contributed by atoms with Crippen molar-refractivity contribution in [3.05, 3.63) is 40.5 Å². The summed E-state index contributed by atoms with van der Waals surface area (Å²) < 4.78 is 13.1. The van der Waals surface area contributed by atoms with Crippen LogP contribution in [0.5, 0.6) is 5.88 Å². The summed E-state index contributed by atoms with van der Waals surface area (Å²) in [6.07, 6.45) is 4.41. The Morgan fingerprint density at radius 2 is 1.85 bits per heavy atom. The maximum Gasteiger partial charge on any atom is 0.233 e. The number of morpholine rings is 1. The molecule has 2 atom stereocenters. The summed E-state index contributed by atoms with van der Waals surface area (Å²) in [5.41, 5.74) is 0.864. The minimum absolute atomic E-state index is 0. The highest BCUT2D eigenvalue weighted by Gasteiger charge is 2.33. The van der Waals surface area contributed by atoms with Gasteiger partial charge < -0.3 is 9.47 Å². The third-order valence-corrected chi connectivity index (χ3v) is 6.09. The smallest absolute Gasteiger partial charge is 0.233 e. The van der Waals surface area contributed by atoms with Crippen LogP contribution in [0, 0.1) is 11.8 Å². The van der Waals surface area contributed by atoms with Gasteiger partial charge in [-0.3, -0.25) is 4.90 Å². The molecule has 1 aliphatic heterocycles. The monoisotopic (exact) mass is 431 g/mol. The van der Waals surface area contributed by atoms with Crippen molar-refractivity contribution in [3.63, 3.8) is 0 Å². The van der Waals surface area contributed by atoms with E-state index in [0.29, 0.717) is 21.8 Å². The molecule has 1 aromatic heterocycles. The van der Waals surface area contributed by atoms with E-state index in [4.69, 9.17) is 32.7 Å². The number of hydrogen-bond acceptors (Lipinski definition) is 4. The molecular formula is C19H24Cl3N3O2. The molecule has 0 bridgehead atoms. The Morgan fingerprint density at radius 1 is 1.07 bits per heavy atom. The third-order valence-electron chi connectivity index (χ3n) is 5.35. The molecule has 2 fully saturated rings. The molecule has 4 rings (SSSR count). The van der Waals surface area contributed by atoms with Crippen LogP contribution in [0.3, 0.4) is 0 Å². The van der Waals surface area contributed by atoms with Crippen LogP contribution < -0.4 is 4.74 Å². The lowest BCUT2D eigenvalue weighted by atomic mass is 9.74. The van der Waals surface area contributed by atoms with Crippen molar-refractivity contribution >= 4 is 35.6 Å². The molecule has 1 saturated carbocycles. The van der Waals surface area contributed by atoms with Gasteiger partial charge in [0.25, 0.3) is 0 Å². The summed E-state index contributed by atoms with van der Waals surface area (Å²) in [5, 5.41) is 5.54. The van der Waals surface area contributed by atoms with Gasteiger partial charge in [0.05, 0.1) is 35.6 Å². The molecule has 2 aliphatic rings. The van der Waals surface area contributed by atoms with Crippen LogP contribution in [0.15, 0.2) is 30.5 Å². The number of aromatic nitrogens is 2. The van der Waals surface area contributed by atoms with E-state index in [9.17, 15) is 0 Å². The van der Waals surface area contributed by atoms with Crippen LogP contribution in [0.2, 0.25) is 10.0 Å². The first kappa shape index (κ1) is 20.7. The lowest BCUT2D eigenvalue weighted by Gasteiger charge is -2.40. The van der Waals surface area contributed by atoms with Crippen LogP contribution in [-0.2, 0) is 4.74 Å². The van der Waals surface area contributed by atoms with Crippen molar-refractivity contribution in [2.24, 2.45) is 11.8 Å². The second-order valence-corrected chi connectivity index (χ2v) is 7.83. The summed E-state index contributed by atoms with van der Waals surface area (Å²) in [6, 6.07) is 7.34. The van der Waals surface area contributed by atoms with Crippen LogP contribution >= 0.6 is 35.6 Å². The molecule has 2 heterocycles. The molecule has 0 unspecified atom stereocenters. The molecule has 1 aliphatic carbocycles. The standard InChI is InChI=1S/C19H23Cl2N3O2.ClH/c20-17-4-3-16(11-18(17)21)24-6-5-19(22-24)26-13-15-2-1-14(15)12-23-7-9-25-10-8-23;/h3-6,11,14-15H,1-2,7-10,12-13H2;1H/t14-,15+;/m1./s1. The molecule has 8 heteroatoms. The summed E-state index contributed by atoms with van der Waals surface area (Å²) in [7, 11) is 0. The second kappa shape index (κ2) is 9.48. The highest BCUT2D eigenvalue weighted by Crippen LogP contribution is 2.35. The van der Waals surface area contributed by atoms with Gasteiger partial charge in [-0.15, -0.1) is 17.5 Å². The SMILES string of the molecule is Cl.Clc1ccc(-n2ccc(OC[C@@H]3CC[C@@H]3CN3CCOCC3)n2)cc1Cl. The van der Waals surface area contributed by atoms with Gasteiger partial charge in [-0.1, -0.05) is 23.2 Å². The molecule has 0 N–H and O–H groups in total. The topological polar surface area (TPSA) is 39.5 Å². The van der Waals surface area contributed by atoms with Gasteiger partial charge in [0, 0.05) is 31.9 Å². The molecule has 1 aromatic carbocycles. The predicted molar refractivity (Wildman–Crippen MR) is 110 cm³/mol. The van der Waals surface area contributed by atoms with Crippen molar-refractivity contribution in [2.45, 2.75) is 12.8 Å².